The highest BCUT2D eigenvalue weighted by molar-refractivity contribution is 9.10. The number of rotatable bonds is 7. The number of phenolic OH excluding ortho intramolecular Hbond substituents is 1. The van der Waals surface area contributed by atoms with Gasteiger partial charge in [0.05, 0.1) is 11.8 Å². The number of amides is 2. The SMILES string of the molecule is O=C(CCCNC(=O)c1ccccc1Br)N/N=C/c1ccccc1O. The Morgan fingerprint density at radius 3 is 2.60 bits per heavy atom. The largest absolute Gasteiger partial charge is 0.507 e. The van der Waals surface area contributed by atoms with E-state index in [9.17, 15) is 14.7 Å². The van der Waals surface area contributed by atoms with Gasteiger partial charge in [0.2, 0.25) is 5.91 Å². The van der Waals surface area contributed by atoms with E-state index in [1.54, 1.807) is 36.4 Å². The molecule has 0 spiro atoms. The van der Waals surface area contributed by atoms with Crippen LogP contribution in [0.15, 0.2) is 58.1 Å². The van der Waals surface area contributed by atoms with Gasteiger partial charge in [-0.05, 0) is 46.6 Å². The van der Waals surface area contributed by atoms with E-state index in [-0.39, 0.29) is 24.0 Å². The van der Waals surface area contributed by atoms with Crippen LogP contribution in [0.2, 0.25) is 0 Å². The van der Waals surface area contributed by atoms with Crippen LogP contribution in [0.5, 0.6) is 5.75 Å². The first-order chi connectivity index (χ1) is 12.1. The number of aromatic hydroxyl groups is 1. The minimum atomic E-state index is -0.262. The Kier molecular flexibility index (Phi) is 7.16. The number of para-hydroxylation sites is 1. The first kappa shape index (κ1) is 18.7. The Morgan fingerprint density at radius 2 is 1.84 bits per heavy atom. The van der Waals surface area contributed by atoms with Crippen molar-refractivity contribution in [1.29, 1.82) is 0 Å². The number of halogens is 1. The summed E-state index contributed by atoms with van der Waals surface area (Å²) in [6, 6.07) is 13.8. The predicted molar refractivity (Wildman–Crippen MR) is 99.6 cm³/mol. The predicted octanol–water partition coefficient (Wildman–Crippen LogP) is 2.82. The Morgan fingerprint density at radius 1 is 1.12 bits per heavy atom. The molecule has 2 amide bonds. The lowest BCUT2D eigenvalue weighted by molar-refractivity contribution is -0.121. The summed E-state index contributed by atoms with van der Waals surface area (Å²) in [5.74, 6) is -0.359. The van der Waals surface area contributed by atoms with Crippen LogP contribution in [0.4, 0.5) is 0 Å². The molecule has 0 saturated heterocycles. The van der Waals surface area contributed by atoms with Gasteiger partial charge in [0.1, 0.15) is 5.75 Å². The minimum absolute atomic E-state index is 0.0929. The van der Waals surface area contributed by atoms with Crippen molar-refractivity contribution in [1.82, 2.24) is 10.7 Å². The van der Waals surface area contributed by atoms with Crippen LogP contribution in [-0.4, -0.2) is 29.7 Å². The maximum Gasteiger partial charge on any atom is 0.252 e. The number of carbonyl (C=O) groups excluding carboxylic acids is 2. The van der Waals surface area contributed by atoms with Gasteiger partial charge >= 0.3 is 0 Å². The molecule has 6 nitrogen and oxygen atoms in total. The van der Waals surface area contributed by atoms with Crippen molar-refractivity contribution in [3.63, 3.8) is 0 Å². The van der Waals surface area contributed by atoms with Crippen molar-refractivity contribution in [2.24, 2.45) is 5.10 Å². The molecule has 0 unspecified atom stereocenters. The molecule has 0 fully saturated rings. The first-order valence-electron chi connectivity index (χ1n) is 7.70. The molecule has 0 atom stereocenters. The number of hydrazone groups is 1. The summed E-state index contributed by atoms with van der Waals surface area (Å²) in [5, 5.41) is 16.1. The van der Waals surface area contributed by atoms with Gasteiger partial charge < -0.3 is 10.4 Å². The lowest BCUT2D eigenvalue weighted by atomic mass is 10.2. The molecule has 2 aromatic rings. The summed E-state index contributed by atoms with van der Waals surface area (Å²) >= 11 is 3.32. The third-order valence-corrected chi connectivity index (χ3v) is 4.01. The van der Waals surface area contributed by atoms with Gasteiger partial charge in [0, 0.05) is 23.0 Å². The third kappa shape index (κ3) is 6.04. The molecule has 0 radical (unpaired) electrons. The molecule has 0 aliphatic rings. The molecule has 0 heterocycles. The zero-order valence-electron chi connectivity index (χ0n) is 13.4. The van der Waals surface area contributed by atoms with E-state index in [1.165, 1.54) is 12.3 Å². The number of carbonyl (C=O) groups is 2. The number of nitrogens with one attached hydrogen (secondary N) is 2. The molecular weight excluding hydrogens is 386 g/mol. The molecule has 0 bridgehead atoms. The highest BCUT2D eigenvalue weighted by Crippen LogP contribution is 2.15. The van der Waals surface area contributed by atoms with Crippen molar-refractivity contribution < 1.29 is 14.7 Å². The molecule has 3 N–H and O–H groups in total. The second-order valence-corrected chi connectivity index (χ2v) is 6.05. The van der Waals surface area contributed by atoms with Crippen LogP contribution in [0, 0.1) is 0 Å². The monoisotopic (exact) mass is 403 g/mol. The number of phenols is 1. The van der Waals surface area contributed by atoms with Gasteiger partial charge in [-0.25, -0.2) is 5.43 Å². The quantitative estimate of drug-likeness (QED) is 0.377. The van der Waals surface area contributed by atoms with Crippen molar-refractivity contribution >= 4 is 34.0 Å². The second kappa shape index (κ2) is 9.58. The highest BCUT2D eigenvalue weighted by atomic mass is 79.9. The molecular formula is C18H18BrN3O3. The molecule has 2 rings (SSSR count). The van der Waals surface area contributed by atoms with Gasteiger partial charge in [0.25, 0.3) is 5.91 Å². The average molecular weight is 404 g/mol. The summed E-state index contributed by atoms with van der Waals surface area (Å²) in [5.41, 5.74) is 3.46. The molecule has 7 heteroatoms. The van der Waals surface area contributed by atoms with Gasteiger partial charge in [-0.2, -0.15) is 5.10 Å². The van der Waals surface area contributed by atoms with Crippen LogP contribution in [0.1, 0.15) is 28.8 Å². The van der Waals surface area contributed by atoms with E-state index in [2.05, 4.69) is 31.8 Å². The summed E-state index contributed by atoms with van der Waals surface area (Å²) in [6.45, 7) is 0.386. The van der Waals surface area contributed by atoms with Crippen LogP contribution in [-0.2, 0) is 4.79 Å². The molecule has 0 aromatic heterocycles. The average Bonchev–Trinajstić information content (AvgIpc) is 2.60. The lowest BCUT2D eigenvalue weighted by Gasteiger charge is -2.06. The molecule has 2 aromatic carbocycles. The van der Waals surface area contributed by atoms with Crippen LogP contribution in [0.25, 0.3) is 0 Å². The number of hydrogen-bond acceptors (Lipinski definition) is 4. The fourth-order valence-corrected chi connectivity index (χ4v) is 2.48. The Bertz CT molecular complexity index is 778. The molecule has 0 aliphatic carbocycles. The van der Waals surface area contributed by atoms with Crippen molar-refractivity contribution in [2.75, 3.05) is 6.54 Å². The molecule has 0 aliphatic heterocycles. The Balaban J connectivity index is 1.68. The summed E-state index contributed by atoms with van der Waals surface area (Å²) in [7, 11) is 0. The zero-order valence-corrected chi connectivity index (χ0v) is 15.0. The van der Waals surface area contributed by atoms with Gasteiger partial charge in [-0.15, -0.1) is 0 Å². The van der Waals surface area contributed by atoms with E-state index >= 15 is 0 Å². The normalized spacial score (nSPS) is 10.6. The van der Waals surface area contributed by atoms with Gasteiger partial charge in [0.15, 0.2) is 0 Å². The number of nitrogens with zero attached hydrogens (tertiary/aromatic N) is 1. The van der Waals surface area contributed by atoms with Crippen molar-refractivity contribution in [2.45, 2.75) is 12.8 Å². The summed E-state index contributed by atoms with van der Waals surface area (Å²) in [4.78, 5) is 23.7. The van der Waals surface area contributed by atoms with Crippen LogP contribution < -0.4 is 10.7 Å². The van der Waals surface area contributed by atoms with Crippen molar-refractivity contribution in [3.05, 3.63) is 64.1 Å². The first-order valence-corrected chi connectivity index (χ1v) is 8.50. The summed E-state index contributed by atoms with van der Waals surface area (Å²) in [6.07, 6.45) is 2.10. The van der Waals surface area contributed by atoms with Gasteiger partial charge in [-0.1, -0.05) is 24.3 Å². The zero-order chi connectivity index (χ0) is 18.1. The highest BCUT2D eigenvalue weighted by Gasteiger charge is 2.08. The summed E-state index contributed by atoms with van der Waals surface area (Å²) < 4.78 is 0.726. The molecule has 130 valence electrons. The minimum Gasteiger partial charge on any atom is -0.507 e. The maximum absolute atomic E-state index is 12.0. The van der Waals surface area contributed by atoms with Crippen molar-refractivity contribution in [3.8, 4) is 5.75 Å². The second-order valence-electron chi connectivity index (χ2n) is 5.19. The third-order valence-electron chi connectivity index (χ3n) is 3.31. The van der Waals surface area contributed by atoms with Crippen LogP contribution >= 0.6 is 15.9 Å². The smallest absolute Gasteiger partial charge is 0.252 e. The fourth-order valence-electron chi connectivity index (χ4n) is 2.02. The molecule has 25 heavy (non-hydrogen) atoms. The Hall–Kier alpha value is -2.67. The maximum atomic E-state index is 12.0. The number of benzene rings is 2. The Labute approximate surface area is 154 Å². The van der Waals surface area contributed by atoms with E-state index in [0.717, 1.165) is 4.47 Å². The van der Waals surface area contributed by atoms with Crippen LogP contribution in [0.3, 0.4) is 0 Å². The van der Waals surface area contributed by atoms with E-state index < -0.39 is 0 Å². The van der Waals surface area contributed by atoms with E-state index in [0.29, 0.717) is 24.1 Å². The van der Waals surface area contributed by atoms with Gasteiger partial charge in [-0.3, -0.25) is 9.59 Å². The van der Waals surface area contributed by atoms with E-state index in [1.807, 2.05) is 6.07 Å². The molecule has 0 saturated carbocycles. The standard InChI is InChI=1S/C18H18BrN3O3/c19-15-8-3-2-7-14(15)18(25)20-11-5-10-17(24)22-21-12-13-6-1-4-9-16(13)23/h1-4,6-9,12,23H,5,10-11H2,(H,20,25)(H,22,24)/b21-12+. The fraction of sp³-hybridized carbons (Fsp3) is 0.167. The van der Waals surface area contributed by atoms with E-state index in [4.69, 9.17) is 0 Å². The number of hydrogen-bond donors (Lipinski definition) is 3. The topological polar surface area (TPSA) is 90.8 Å². The lowest BCUT2D eigenvalue weighted by Crippen LogP contribution is -2.26.